The highest BCUT2D eigenvalue weighted by molar-refractivity contribution is 6.07. The lowest BCUT2D eigenvalue weighted by molar-refractivity contribution is -0.385. The van der Waals surface area contributed by atoms with Crippen LogP contribution in [0, 0.1) is 10.1 Å². The van der Waals surface area contributed by atoms with E-state index in [4.69, 9.17) is 9.47 Å². The third kappa shape index (κ3) is 2.98. The number of carbonyl (C=O) groups excluding carboxylic acids is 1. The van der Waals surface area contributed by atoms with E-state index in [0.29, 0.717) is 11.5 Å². The van der Waals surface area contributed by atoms with Crippen LogP contribution in [0.2, 0.25) is 0 Å². The summed E-state index contributed by atoms with van der Waals surface area (Å²) in [6, 6.07) is 8.57. The maximum Gasteiger partial charge on any atom is 0.280 e. The molecule has 0 aromatic heterocycles. The molecule has 1 aliphatic rings. The number of nitro benzene ring substituents is 1. The molecule has 0 atom stereocenters. The van der Waals surface area contributed by atoms with Gasteiger partial charge in [-0.3, -0.25) is 14.9 Å². The first-order valence-corrected chi connectivity index (χ1v) is 6.64. The first-order chi connectivity index (χ1) is 11.0. The van der Waals surface area contributed by atoms with Crippen molar-refractivity contribution in [1.29, 1.82) is 0 Å². The Morgan fingerprint density at radius 3 is 2.65 bits per heavy atom. The summed E-state index contributed by atoms with van der Waals surface area (Å²) in [6.45, 7) is 0.00186. The van der Waals surface area contributed by atoms with Crippen LogP contribution in [0.5, 0.6) is 17.2 Å². The summed E-state index contributed by atoms with van der Waals surface area (Å²) in [5.41, 5.74) is 0.326. The number of ether oxygens (including phenoxy) is 2. The van der Waals surface area contributed by atoms with Gasteiger partial charge in [-0.2, -0.15) is 0 Å². The van der Waals surface area contributed by atoms with Crippen LogP contribution in [0.4, 0.5) is 5.69 Å². The first-order valence-electron chi connectivity index (χ1n) is 6.64. The summed E-state index contributed by atoms with van der Waals surface area (Å²) in [4.78, 5) is 22.6. The van der Waals surface area contributed by atoms with Crippen molar-refractivity contribution >= 4 is 17.5 Å². The first kappa shape index (κ1) is 14.6. The molecule has 23 heavy (non-hydrogen) atoms. The third-order valence-electron chi connectivity index (χ3n) is 3.26. The Labute approximate surface area is 130 Å². The standard InChI is InChI=1S/C16H11NO6/c18-12-3-1-2-11(6-12)14(19)5-4-10-7-15-16(23-9-22-15)8-13(10)17(20)21/h1-8,18H,9H2/b5-4+. The number of fused-ring (bicyclic) bond motifs is 1. The number of carbonyl (C=O) groups is 1. The predicted molar refractivity (Wildman–Crippen MR) is 80.7 cm³/mol. The monoisotopic (exact) mass is 313 g/mol. The molecular formula is C16H11NO6. The molecular weight excluding hydrogens is 302 g/mol. The second-order valence-corrected chi connectivity index (χ2v) is 4.77. The molecule has 0 saturated heterocycles. The molecule has 1 N–H and O–H groups in total. The van der Waals surface area contributed by atoms with Crippen LogP contribution in [0.1, 0.15) is 15.9 Å². The zero-order valence-electron chi connectivity index (χ0n) is 11.8. The normalized spacial score (nSPS) is 12.5. The fourth-order valence-electron chi connectivity index (χ4n) is 2.16. The van der Waals surface area contributed by atoms with Crippen LogP contribution in [-0.4, -0.2) is 22.6 Å². The zero-order chi connectivity index (χ0) is 16.4. The van der Waals surface area contributed by atoms with E-state index in [2.05, 4.69) is 0 Å². The van der Waals surface area contributed by atoms with Gasteiger partial charge < -0.3 is 14.6 Å². The molecule has 0 aliphatic carbocycles. The van der Waals surface area contributed by atoms with Gasteiger partial charge in [0.1, 0.15) is 5.75 Å². The SMILES string of the molecule is O=C(/C=C/c1cc2c(cc1[N+](=O)[O-])OCO2)c1cccc(O)c1. The van der Waals surface area contributed by atoms with Crippen molar-refractivity contribution in [1.82, 2.24) is 0 Å². The molecule has 0 bridgehead atoms. The van der Waals surface area contributed by atoms with Crippen molar-refractivity contribution in [2.75, 3.05) is 6.79 Å². The topological polar surface area (TPSA) is 98.9 Å². The van der Waals surface area contributed by atoms with Gasteiger partial charge in [0.2, 0.25) is 6.79 Å². The highest BCUT2D eigenvalue weighted by atomic mass is 16.7. The van der Waals surface area contributed by atoms with Crippen LogP contribution in [0.15, 0.2) is 42.5 Å². The third-order valence-corrected chi connectivity index (χ3v) is 3.26. The summed E-state index contributed by atoms with van der Waals surface area (Å²) in [5, 5.41) is 20.5. The highest BCUT2D eigenvalue weighted by Gasteiger charge is 2.22. The smallest absolute Gasteiger partial charge is 0.280 e. The fourth-order valence-corrected chi connectivity index (χ4v) is 2.16. The molecule has 0 unspecified atom stereocenters. The average Bonchev–Trinajstić information content (AvgIpc) is 2.98. The van der Waals surface area contributed by atoms with Gasteiger partial charge in [0.25, 0.3) is 5.69 Å². The molecule has 0 spiro atoms. The van der Waals surface area contributed by atoms with Crippen molar-refractivity contribution in [2.45, 2.75) is 0 Å². The number of hydrogen-bond acceptors (Lipinski definition) is 6. The van der Waals surface area contributed by atoms with Crippen LogP contribution in [0.25, 0.3) is 6.08 Å². The minimum atomic E-state index is -0.555. The molecule has 2 aromatic rings. The van der Waals surface area contributed by atoms with E-state index in [1.807, 2.05) is 0 Å². The molecule has 7 heteroatoms. The summed E-state index contributed by atoms with van der Waals surface area (Å²) < 4.78 is 10.3. The van der Waals surface area contributed by atoms with Gasteiger partial charge in [0, 0.05) is 5.56 Å². The molecule has 116 valence electrons. The molecule has 0 amide bonds. The number of aromatic hydroxyl groups is 1. The molecule has 0 saturated carbocycles. The Morgan fingerprint density at radius 2 is 1.96 bits per heavy atom. The number of benzene rings is 2. The second kappa shape index (κ2) is 5.80. The maximum atomic E-state index is 12.1. The van der Waals surface area contributed by atoms with Crippen LogP contribution < -0.4 is 9.47 Å². The number of allylic oxidation sites excluding steroid dienone is 1. The Balaban J connectivity index is 1.93. The zero-order valence-corrected chi connectivity index (χ0v) is 11.8. The second-order valence-electron chi connectivity index (χ2n) is 4.77. The van der Waals surface area contributed by atoms with E-state index in [1.165, 1.54) is 36.4 Å². The Kier molecular flexibility index (Phi) is 3.68. The fraction of sp³-hybridized carbons (Fsp3) is 0.0625. The van der Waals surface area contributed by atoms with Crippen LogP contribution >= 0.6 is 0 Å². The van der Waals surface area contributed by atoms with Gasteiger partial charge >= 0.3 is 0 Å². The predicted octanol–water partition coefficient (Wildman–Crippen LogP) is 2.93. The van der Waals surface area contributed by atoms with Crippen molar-refractivity contribution < 1.29 is 24.3 Å². The Hall–Kier alpha value is -3.35. The minimum absolute atomic E-state index is 0.00186. The van der Waals surface area contributed by atoms with Crippen molar-refractivity contribution in [3.05, 3.63) is 63.7 Å². The van der Waals surface area contributed by atoms with Gasteiger partial charge in [-0.25, -0.2) is 0 Å². The van der Waals surface area contributed by atoms with Gasteiger partial charge in [0.05, 0.1) is 16.6 Å². The molecule has 1 aliphatic heterocycles. The van der Waals surface area contributed by atoms with Crippen molar-refractivity contribution in [3.8, 4) is 17.2 Å². The van der Waals surface area contributed by atoms with E-state index >= 15 is 0 Å². The highest BCUT2D eigenvalue weighted by Crippen LogP contribution is 2.38. The largest absolute Gasteiger partial charge is 0.508 e. The lowest BCUT2D eigenvalue weighted by atomic mass is 10.1. The number of nitrogens with zero attached hydrogens (tertiary/aromatic N) is 1. The van der Waals surface area contributed by atoms with E-state index in [0.717, 1.165) is 0 Å². The Bertz CT molecular complexity index is 827. The lowest BCUT2D eigenvalue weighted by Gasteiger charge is -2.01. The van der Waals surface area contributed by atoms with E-state index in [-0.39, 0.29) is 35.1 Å². The van der Waals surface area contributed by atoms with Gasteiger partial charge in [-0.15, -0.1) is 0 Å². The van der Waals surface area contributed by atoms with Gasteiger partial charge in [0.15, 0.2) is 17.3 Å². The quantitative estimate of drug-likeness (QED) is 0.403. The van der Waals surface area contributed by atoms with E-state index in [1.54, 1.807) is 12.1 Å². The lowest BCUT2D eigenvalue weighted by Crippen LogP contribution is -1.95. The van der Waals surface area contributed by atoms with E-state index < -0.39 is 4.92 Å². The molecule has 0 fully saturated rings. The van der Waals surface area contributed by atoms with E-state index in [9.17, 15) is 20.0 Å². The minimum Gasteiger partial charge on any atom is -0.508 e. The number of hydrogen-bond donors (Lipinski definition) is 1. The number of rotatable bonds is 4. The average molecular weight is 313 g/mol. The molecule has 2 aromatic carbocycles. The number of nitro groups is 1. The summed E-state index contributed by atoms with van der Waals surface area (Å²) in [7, 11) is 0. The molecule has 3 rings (SSSR count). The van der Waals surface area contributed by atoms with Crippen molar-refractivity contribution in [2.24, 2.45) is 0 Å². The van der Waals surface area contributed by atoms with Crippen LogP contribution in [0.3, 0.4) is 0 Å². The molecule has 0 radical (unpaired) electrons. The van der Waals surface area contributed by atoms with Crippen molar-refractivity contribution in [3.63, 3.8) is 0 Å². The van der Waals surface area contributed by atoms with Gasteiger partial charge in [-0.05, 0) is 30.4 Å². The molecule has 7 nitrogen and oxygen atoms in total. The number of phenols is 1. The number of ketones is 1. The Morgan fingerprint density at radius 1 is 1.22 bits per heavy atom. The maximum absolute atomic E-state index is 12.1. The summed E-state index contributed by atoms with van der Waals surface area (Å²) in [6.07, 6.45) is 2.55. The molecule has 1 heterocycles. The summed E-state index contributed by atoms with van der Waals surface area (Å²) in [5.74, 6) is 0.277. The number of phenolic OH excluding ortho intramolecular Hbond substituents is 1. The van der Waals surface area contributed by atoms with Crippen LogP contribution in [-0.2, 0) is 0 Å². The van der Waals surface area contributed by atoms with Gasteiger partial charge in [-0.1, -0.05) is 12.1 Å². The summed E-state index contributed by atoms with van der Waals surface area (Å²) >= 11 is 0.